The average molecular weight is 409 g/mol. The molecule has 2 rings (SSSR count). The molecule has 0 spiro atoms. The van der Waals surface area contributed by atoms with Crippen molar-refractivity contribution in [2.75, 3.05) is 5.32 Å². The van der Waals surface area contributed by atoms with Crippen molar-refractivity contribution < 1.29 is 23.5 Å². The normalized spacial score (nSPS) is 11.7. The standard InChI is InChI=1S/C19H24FN3O4S/c1-18(2,3)23-15(24)14-10-28-17(22-14)26-11-7-8-13(12(20)9-11)21-16(25)27-19(4,5)6/h7-10H,1-6H3,(H,21,25)(H,23,24). The Kier molecular flexibility index (Phi) is 6.28. The summed E-state index contributed by atoms with van der Waals surface area (Å²) < 4.78 is 24.8. The van der Waals surface area contributed by atoms with Gasteiger partial charge in [0.15, 0.2) is 5.82 Å². The maximum atomic E-state index is 14.2. The Labute approximate surface area is 167 Å². The number of anilines is 1. The molecule has 152 valence electrons. The van der Waals surface area contributed by atoms with Crippen LogP contribution in [0.1, 0.15) is 52.0 Å². The summed E-state index contributed by atoms with van der Waals surface area (Å²) in [6.07, 6.45) is -0.755. The van der Waals surface area contributed by atoms with Crippen LogP contribution in [0.3, 0.4) is 0 Å². The number of carbonyl (C=O) groups excluding carboxylic acids is 2. The fourth-order valence-electron chi connectivity index (χ4n) is 1.99. The summed E-state index contributed by atoms with van der Waals surface area (Å²) in [6, 6.07) is 3.95. The van der Waals surface area contributed by atoms with Crippen LogP contribution in [0.25, 0.3) is 0 Å². The molecule has 1 aromatic heterocycles. The number of benzene rings is 1. The van der Waals surface area contributed by atoms with Crippen LogP contribution < -0.4 is 15.4 Å². The predicted octanol–water partition coefficient (Wildman–Crippen LogP) is 4.95. The number of carbonyl (C=O) groups is 2. The number of rotatable bonds is 4. The Morgan fingerprint density at radius 3 is 2.39 bits per heavy atom. The van der Waals surface area contributed by atoms with Crippen LogP contribution >= 0.6 is 11.3 Å². The van der Waals surface area contributed by atoms with Crippen LogP contribution in [0.5, 0.6) is 10.9 Å². The van der Waals surface area contributed by atoms with Gasteiger partial charge in [0.1, 0.15) is 17.0 Å². The van der Waals surface area contributed by atoms with Crippen molar-refractivity contribution in [2.45, 2.75) is 52.7 Å². The van der Waals surface area contributed by atoms with Gasteiger partial charge in [-0.05, 0) is 53.7 Å². The molecule has 0 aliphatic rings. The van der Waals surface area contributed by atoms with Crippen molar-refractivity contribution in [1.29, 1.82) is 0 Å². The molecular formula is C19H24FN3O4S. The van der Waals surface area contributed by atoms with Gasteiger partial charge in [0.05, 0.1) is 5.69 Å². The minimum Gasteiger partial charge on any atom is -0.444 e. The Morgan fingerprint density at radius 2 is 1.82 bits per heavy atom. The number of aromatic nitrogens is 1. The molecule has 0 atom stereocenters. The van der Waals surface area contributed by atoms with Crippen molar-refractivity contribution in [3.05, 3.63) is 35.1 Å². The predicted molar refractivity (Wildman–Crippen MR) is 106 cm³/mol. The van der Waals surface area contributed by atoms with Gasteiger partial charge >= 0.3 is 6.09 Å². The van der Waals surface area contributed by atoms with Crippen LogP contribution in [-0.2, 0) is 4.74 Å². The molecule has 9 heteroatoms. The van der Waals surface area contributed by atoms with Gasteiger partial charge in [-0.2, -0.15) is 4.98 Å². The first kappa shape index (κ1) is 21.6. The Morgan fingerprint density at radius 1 is 1.14 bits per heavy atom. The second-order valence-electron chi connectivity index (χ2n) is 8.07. The molecule has 7 nitrogen and oxygen atoms in total. The summed E-state index contributed by atoms with van der Waals surface area (Å²) in [5.74, 6) is -0.823. The Bertz CT molecular complexity index is 869. The van der Waals surface area contributed by atoms with E-state index >= 15 is 0 Å². The van der Waals surface area contributed by atoms with Crippen molar-refractivity contribution in [3.63, 3.8) is 0 Å². The molecule has 1 aromatic carbocycles. The fourth-order valence-corrected chi connectivity index (χ4v) is 2.66. The van der Waals surface area contributed by atoms with Gasteiger partial charge < -0.3 is 14.8 Å². The highest BCUT2D eigenvalue weighted by atomic mass is 32.1. The lowest BCUT2D eigenvalue weighted by molar-refractivity contribution is 0.0635. The number of thiazole rings is 1. The van der Waals surface area contributed by atoms with E-state index in [4.69, 9.17) is 9.47 Å². The molecule has 0 radical (unpaired) electrons. The molecule has 28 heavy (non-hydrogen) atoms. The lowest BCUT2D eigenvalue weighted by Crippen LogP contribution is -2.40. The molecule has 0 saturated carbocycles. The molecule has 1 heterocycles. The van der Waals surface area contributed by atoms with E-state index in [9.17, 15) is 14.0 Å². The van der Waals surface area contributed by atoms with Crippen LogP contribution in [0.4, 0.5) is 14.9 Å². The number of hydrogen-bond acceptors (Lipinski definition) is 6. The van der Waals surface area contributed by atoms with Gasteiger partial charge in [-0.3, -0.25) is 10.1 Å². The third kappa shape index (κ3) is 6.80. The fraction of sp³-hybridized carbons (Fsp3) is 0.421. The molecular weight excluding hydrogens is 385 g/mol. The second-order valence-corrected chi connectivity index (χ2v) is 8.89. The van der Waals surface area contributed by atoms with Crippen molar-refractivity contribution in [2.24, 2.45) is 0 Å². The summed E-state index contributed by atoms with van der Waals surface area (Å²) >= 11 is 1.12. The highest BCUT2D eigenvalue weighted by molar-refractivity contribution is 7.11. The Balaban J connectivity index is 2.03. The summed E-state index contributed by atoms with van der Waals surface area (Å²) in [4.78, 5) is 27.9. The van der Waals surface area contributed by atoms with Gasteiger partial charge in [0, 0.05) is 17.0 Å². The highest BCUT2D eigenvalue weighted by Gasteiger charge is 2.19. The third-order valence-electron chi connectivity index (χ3n) is 2.99. The first-order chi connectivity index (χ1) is 12.8. The third-order valence-corrected chi connectivity index (χ3v) is 3.70. The number of ether oxygens (including phenoxy) is 2. The number of halogens is 1. The highest BCUT2D eigenvalue weighted by Crippen LogP contribution is 2.28. The lowest BCUT2D eigenvalue weighted by Gasteiger charge is -2.19. The van der Waals surface area contributed by atoms with Crippen molar-refractivity contribution >= 4 is 29.0 Å². The summed E-state index contributed by atoms with van der Waals surface area (Å²) in [7, 11) is 0. The van der Waals surface area contributed by atoms with E-state index in [-0.39, 0.29) is 33.8 Å². The molecule has 2 aromatic rings. The van der Waals surface area contributed by atoms with Crippen molar-refractivity contribution in [1.82, 2.24) is 10.3 Å². The van der Waals surface area contributed by atoms with E-state index in [1.54, 1.807) is 26.2 Å². The number of nitrogens with one attached hydrogen (secondary N) is 2. The van der Waals surface area contributed by atoms with Gasteiger partial charge in [-0.25, -0.2) is 9.18 Å². The lowest BCUT2D eigenvalue weighted by atomic mass is 10.1. The average Bonchev–Trinajstić information content (AvgIpc) is 2.95. The maximum Gasteiger partial charge on any atom is 0.412 e. The second kappa shape index (κ2) is 8.14. The SMILES string of the molecule is CC(C)(C)NC(=O)c1csc(Oc2ccc(NC(=O)OC(C)(C)C)c(F)c2)n1. The topological polar surface area (TPSA) is 89.6 Å². The number of amides is 2. The van der Waals surface area contributed by atoms with Gasteiger partial charge in [0.25, 0.3) is 11.1 Å². The minimum atomic E-state index is -0.755. The zero-order chi connectivity index (χ0) is 21.1. The zero-order valence-corrected chi connectivity index (χ0v) is 17.5. The first-order valence-corrected chi connectivity index (χ1v) is 9.46. The van der Waals surface area contributed by atoms with Crippen LogP contribution in [-0.4, -0.2) is 28.1 Å². The Hall–Kier alpha value is -2.68. The largest absolute Gasteiger partial charge is 0.444 e. The molecule has 2 amide bonds. The van der Waals surface area contributed by atoms with Gasteiger partial charge in [-0.1, -0.05) is 11.3 Å². The monoisotopic (exact) mass is 409 g/mol. The van der Waals surface area contributed by atoms with Gasteiger partial charge in [-0.15, -0.1) is 0 Å². The quantitative estimate of drug-likeness (QED) is 0.746. The summed E-state index contributed by atoms with van der Waals surface area (Å²) in [6.45, 7) is 10.7. The van der Waals surface area contributed by atoms with E-state index in [0.29, 0.717) is 0 Å². The van der Waals surface area contributed by atoms with Gasteiger partial charge in [0.2, 0.25) is 0 Å². The molecule has 0 aliphatic carbocycles. The van der Waals surface area contributed by atoms with E-state index in [1.807, 2.05) is 20.8 Å². The van der Waals surface area contributed by atoms with Crippen LogP contribution in [0.15, 0.2) is 23.6 Å². The van der Waals surface area contributed by atoms with E-state index < -0.39 is 17.5 Å². The van der Waals surface area contributed by atoms with E-state index in [0.717, 1.165) is 17.4 Å². The molecule has 0 fully saturated rings. The molecule has 0 aliphatic heterocycles. The smallest absolute Gasteiger partial charge is 0.412 e. The van der Waals surface area contributed by atoms with Crippen molar-refractivity contribution in [3.8, 4) is 10.9 Å². The first-order valence-electron chi connectivity index (χ1n) is 8.58. The van der Waals surface area contributed by atoms with Crippen LogP contribution in [0.2, 0.25) is 0 Å². The van der Waals surface area contributed by atoms with Crippen LogP contribution in [0, 0.1) is 5.82 Å². The maximum absolute atomic E-state index is 14.2. The summed E-state index contributed by atoms with van der Waals surface area (Å²) in [5, 5.41) is 6.90. The number of nitrogens with zero attached hydrogens (tertiary/aromatic N) is 1. The van der Waals surface area contributed by atoms with E-state index in [2.05, 4.69) is 15.6 Å². The number of hydrogen-bond donors (Lipinski definition) is 2. The molecule has 0 unspecified atom stereocenters. The molecule has 0 bridgehead atoms. The molecule has 2 N–H and O–H groups in total. The molecule has 0 saturated heterocycles. The van der Waals surface area contributed by atoms with E-state index in [1.165, 1.54) is 12.1 Å². The zero-order valence-electron chi connectivity index (χ0n) is 16.7. The minimum absolute atomic E-state index is 0.0361. The summed E-state index contributed by atoms with van der Waals surface area (Å²) in [5.41, 5.74) is -0.891.